The van der Waals surface area contributed by atoms with Crippen molar-refractivity contribution >= 4 is 46.9 Å². The third-order valence-corrected chi connectivity index (χ3v) is 6.22. The first-order chi connectivity index (χ1) is 17.2. The zero-order chi connectivity index (χ0) is 26.0. The zero-order valence-corrected chi connectivity index (χ0v) is 20.5. The average molecular weight is 515 g/mol. The van der Waals surface area contributed by atoms with Crippen molar-refractivity contribution in [3.63, 3.8) is 0 Å². The number of benzene rings is 2. The van der Waals surface area contributed by atoms with Crippen LogP contribution >= 0.6 is 12.2 Å². The van der Waals surface area contributed by atoms with Crippen LogP contribution in [0.3, 0.4) is 0 Å². The maximum atomic E-state index is 13.4. The number of rotatable bonds is 6. The third kappa shape index (κ3) is 4.67. The summed E-state index contributed by atoms with van der Waals surface area (Å²) >= 11 is 5.27. The van der Waals surface area contributed by atoms with Gasteiger partial charge in [0.05, 0.1) is 12.8 Å². The molecule has 1 fully saturated rings. The molecule has 10 nitrogen and oxygen atoms in total. The minimum absolute atomic E-state index is 0.0127. The Hall–Kier alpha value is -4.19. The highest BCUT2D eigenvalue weighted by Gasteiger charge is 2.37. The quantitative estimate of drug-likeness (QED) is 0.341. The molecule has 36 heavy (non-hydrogen) atoms. The highest BCUT2D eigenvalue weighted by molar-refractivity contribution is 7.80. The number of nitrogens with zero attached hydrogens (tertiary/aromatic N) is 2. The first-order valence-electron chi connectivity index (χ1n) is 10.8. The summed E-state index contributed by atoms with van der Waals surface area (Å²) in [5.41, 5.74) is 0.909. The normalized spacial score (nSPS) is 15.7. The number of barbiturate groups is 1. The van der Waals surface area contributed by atoms with Crippen LogP contribution in [0.15, 0.2) is 35.9 Å². The van der Waals surface area contributed by atoms with Gasteiger partial charge in [-0.15, -0.1) is 0 Å². The van der Waals surface area contributed by atoms with Crippen molar-refractivity contribution in [1.29, 1.82) is 0 Å². The van der Waals surface area contributed by atoms with Gasteiger partial charge in [0.1, 0.15) is 11.4 Å². The molecule has 0 aliphatic carbocycles. The summed E-state index contributed by atoms with van der Waals surface area (Å²) in [6.45, 7) is 0.486. The average Bonchev–Trinajstić information content (AvgIpc) is 3.33. The maximum absolute atomic E-state index is 13.4. The van der Waals surface area contributed by atoms with Crippen LogP contribution in [0.2, 0.25) is 0 Å². The van der Waals surface area contributed by atoms with Gasteiger partial charge in [-0.05, 0) is 60.6 Å². The molecule has 0 saturated carbocycles. The number of imide groups is 2. The van der Waals surface area contributed by atoms with Crippen LogP contribution in [0.1, 0.15) is 11.1 Å². The summed E-state index contributed by atoms with van der Waals surface area (Å²) in [7, 11) is 4.98. The van der Waals surface area contributed by atoms with E-state index in [1.807, 2.05) is 11.9 Å². The first kappa shape index (κ1) is 24.9. The number of carbonyl (C=O) groups is 3. The van der Waals surface area contributed by atoms with E-state index in [1.165, 1.54) is 25.3 Å². The Labute approximate surface area is 211 Å². The summed E-state index contributed by atoms with van der Waals surface area (Å²) in [5.74, 6) is -1.20. The van der Waals surface area contributed by atoms with E-state index >= 15 is 0 Å². The summed E-state index contributed by atoms with van der Waals surface area (Å²) in [4.78, 5) is 41.2. The molecule has 0 atom stereocenters. The monoisotopic (exact) mass is 514 g/mol. The molecule has 0 bridgehead atoms. The fraction of sp³-hybridized carbons (Fsp3) is 0.250. The summed E-state index contributed by atoms with van der Waals surface area (Å²) in [6.07, 6.45) is 1.80. The SMILES string of the molecule is CNC(=S)N(C)CCc1cc2c(c(OC)c1/C=C1\C(=O)NC(=O)N(c3ccc(F)cc3)C1=O)OCO2. The predicted octanol–water partition coefficient (Wildman–Crippen LogP) is 2.21. The number of fused-ring (bicyclic) bond motifs is 1. The summed E-state index contributed by atoms with van der Waals surface area (Å²) in [6, 6.07) is 5.58. The minimum atomic E-state index is -0.936. The predicted molar refractivity (Wildman–Crippen MR) is 133 cm³/mol. The number of hydrogen-bond acceptors (Lipinski definition) is 7. The second kappa shape index (κ2) is 10.2. The Balaban J connectivity index is 1.79. The lowest BCUT2D eigenvalue weighted by molar-refractivity contribution is -0.122. The smallest absolute Gasteiger partial charge is 0.335 e. The number of carbonyl (C=O) groups excluding carboxylic acids is 3. The van der Waals surface area contributed by atoms with Gasteiger partial charge in [-0.3, -0.25) is 14.9 Å². The molecule has 4 amide bonds. The zero-order valence-electron chi connectivity index (χ0n) is 19.7. The highest BCUT2D eigenvalue weighted by atomic mass is 32.1. The van der Waals surface area contributed by atoms with Crippen molar-refractivity contribution in [1.82, 2.24) is 15.5 Å². The molecular formula is C24H23FN4O6S. The van der Waals surface area contributed by atoms with Crippen LogP contribution in [0.4, 0.5) is 14.9 Å². The highest BCUT2D eigenvalue weighted by Crippen LogP contribution is 2.46. The van der Waals surface area contributed by atoms with Crippen molar-refractivity contribution in [2.24, 2.45) is 0 Å². The van der Waals surface area contributed by atoms with Gasteiger partial charge in [-0.2, -0.15) is 0 Å². The van der Waals surface area contributed by atoms with Crippen LogP contribution in [-0.2, 0) is 16.0 Å². The van der Waals surface area contributed by atoms with Gasteiger partial charge in [0, 0.05) is 26.2 Å². The molecule has 0 radical (unpaired) electrons. The van der Waals surface area contributed by atoms with E-state index in [1.54, 1.807) is 13.1 Å². The molecule has 2 N–H and O–H groups in total. The van der Waals surface area contributed by atoms with Crippen LogP contribution in [-0.4, -0.2) is 62.4 Å². The Morgan fingerprint density at radius 1 is 1.28 bits per heavy atom. The van der Waals surface area contributed by atoms with Gasteiger partial charge in [0.25, 0.3) is 11.8 Å². The van der Waals surface area contributed by atoms with Gasteiger partial charge < -0.3 is 24.4 Å². The second-order valence-electron chi connectivity index (χ2n) is 7.88. The number of methoxy groups -OCH3 is 1. The number of likely N-dealkylation sites (N-methyl/N-ethyl adjacent to an activating group) is 1. The molecule has 188 valence electrons. The van der Waals surface area contributed by atoms with Crippen LogP contribution in [0, 0.1) is 5.82 Å². The Bertz CT molecular complexity index is 1280. The van der Waals surface area contributed by atoms with E-state index in [9.17, 15) is 18.8 Å². The molecule has 12 heteroatoms. The minimum Gasteiger partial charge on any atom is -0.492 e. The van der Waals surface area contributed by atoms with Crippen molar-refractivity contribution in [3.8, 4) is 17.2 Å². The van der Waals surface area contributed by atoms with E-state index in [-0.39, 0.29) is 23.8 Å². The van der Waals surface area contributed by atoms with Crippen LogP contribution in [0.5, 0.6) is 17.2 Å². The maximum Gasteiger partial charge on any atom is 0.335 e. The number of amides is 4. The standard InChI is InChI=1S/C24H23FN4O6S/c1-26-24(36)28(2)9-8-13-10-18-20(35-12-34-18)19(33-3)16(13)11-17-21(30)27-23(32)29(22(17)31)15-6-4-14(25)5-7-15/h4-7,10-11H,8-9,12H2,1-3H3,(H,26,36)(H,27,30,32)/b17-11+. The Kier molecular flexibility index (Phi) is 7.06. The van der Waals surface area contributed by atoms with E-state index in [0.717, 1.165) is 17.0 Å². The number of anilines is 1. The van der Waals surface area contributed by atoms with Gasteiger partial charge in [-0.25, -0.2) is 14.1 Å². The van der Waals surface area contributed by atoms with Gasteiger partial charge in [-0.1, -0.05) is 0 Å². The number of halogens is 1. The number of thiocarbonyl (C=S) groups is 1. The summed E-state index contributed by atoms with van der Waals surface area (Å²) in [5, 5.41) is 5.60. The first-order valence-corrected chi connectivity index (χ1v) is 11.2. The largest absolute Gasteiger partial charge is 0.492 e. The molecule has 1 saturated heterocycles. The molecule has 2 aliphatic heterocycles. The van der Waals surface area contributed by atoms with Crippen molar-refractivity contribution < 1.29 is 33.0 Å². The number of hydrogen-bond donors (Lipinski definition) is 2. The van der Waals surface area contributed by atoms with Crippen molar-refractivity contribution in [2.45, 2.75) is 6.42 Å². The van der Waals surface area contributed by atoms with E-state index in [2.05, 4.69) is 10.6 Å². The van der Waals surface area contributed by atoms with Crippen molar-refractivity contribution in [3.05, 3.63) is 52.8 Å². The number of nitrogens with one attached hydrogen (secondary N) is 2. The molecule has 0 aromatic heterocycles. The molecule has 2 heterocycles. The number of ether oxygens (including phenoxy) is 3. The molecule has 0 spiro atoms. The topological polar surface area (TPSA) is 109 Å². The van der Waals surface area contributed by atoms with Crippen molar-refractivity contribution in [2.75, 3.05) is 39.4 Å². The lowest BCUT2D eigenvalue weighted by Gasteiger charge is -2.26. The second-order valence-corrected chi connectivity index (χ2v) is 8.26. The molecule has 2 aromatic rings. The molecular weight excluding hydrogens is 491 g/mol. The van der Waals surface area contributed by atoms with E-state index in [0.29, 0.717) is 40.7 Å². The Morgan fingerprint density at radius 3 is 2.67 bits per heavy atom. The van der Waals surface area contributed by atoms with Gasteiger partial charge in [0.15, 0.2) is 16.6 Å². The van der Waals surface area contributed by atoms with Gasteiger partial charge in [0.2, 0.25) is 12.5 Å². The summed E-state index contributed by atoms with van der Waals surface area (Å²) < 4.78 is 30.1. The molecule has 4 rings (SSSR count). The van der Waals surface area contributed by atoms with Crippen LogP contribution < -0.4 is 29.7 Å². The van der Waals surface area contributed by atoms with E-state index in [4.69, 9.17) is 26.4 Å². The van der Waals surface area contributed by atoms with Gasteiger partial charge >= 0.3 is 6.03 Å². The Morgan fingerprint density at radius 2 is 2.00 bits per heavy atom. The fourth-order valence-corrected chi connectivity index (χ4v) is 3.94. The molecule has 2 aliphatic rings. The number of urea groups is 1. The third-order valence-electron chi connectivity index (χ3n) is 5.70. The fourth-order valence-electron chi connectivity index (χ4n) is 3.85. The lowest BCUT2D eigenvalue weighted by atomic mass is 9.98. The van der Waals surface area contributed by atoms with E-state index < -0.39 is 23.7 Å². The lowest BCUT2D eigenvalue weighted by Crippen LogP contribution is -2.54. The molecule has 0 unspecified atom stereocenters. The molecule has 2 aromatic carbocycles. The van der Waals surface area contributed by atoms with Crippen LogP contribution in [0.25, 0.3) is 6.08 Å².